The van der Waals surface area contributed by atoms with Crippen LogP contribution >= 0.6 is 11.8 Å². The largest absolute Gasteiger partial charge is 0.477 e. The van der Waals surface area contributed by atoms with Crippen molar-refractivity contribution in [2.24, 2.45) is 0 Å². The number of hydrogen-bond acceptors (Lipinski definition) is 4. The summed E-state index contributed by atoms with van der Waals surface area (Å²) in [4.78, 5) is 11.0. The standard InChI is InChI=1S/C11H18N2O4S2/c1-4-13-7-9(5-10(13)11(14)15)19(16,17)12-6-8(2)18-3/h5,7-8,12H,4,6H2,1-3H3,(H,14,15). The van der Waals surface area contributed by atoms with Crippen molar-refractivity contribution in [2.45, 2.75) is 30.5 Å². The van der Waals surface area contributed by atoms with Crippen molar-refractivity contribution in [3.8, 4) is 0 Å². The highest BCUT2D eigenvalue weighted by molar-refractivity contribution is 7.99. The van der Waals surface area contributed by atoms with Gasteiger partial charge in [-0.2, -0.15) is 11.8 Å². The number of aromatic nitrogens is 1. The fourth-order valence-electron chi connectivity index (χ4n) is 1.46. The quantitative estimate of drug-likeness (QED) is 0.791. The first-order valence-electron chi connectivity index (χ1n) is 5.77. The smallest absolute Gasteiger partial charge is 0.352 e. The number of carbonyl (C=O) groups is 1. The summed E-state index contributed by atoms with van der Waals surface area (Å²) >= 11 is 1.55. The van der Waals surface area contributed by atoms with E-state index in [4.69, 9.17) is 5.11 Å². The first-order valence-corrected chi connectivity index (χ1v) is 8.54. The third-order valence-corrected chi connectivity index (χ3v) is 5.07. The zero-order chi connectivity index (χ0) is 14.6. The van der Waals surface area contributed by atoms with Crippen LogP contribution in [0.3, 0.4) is 0 Å². The highest BCUT2D eigenvalue weighted by Crippen LogP contribution is 2.15. The molecule has 1 unspecified atom stereocenters. The average molecular weight is 306 g/mol. The normalized spacial score (nSPS) is 13.4. The van der Waals surface area contributed by atoms with Crippen LogP contribution in [0.1, 0.15) is 24.3 Å². The first kappa shape index (κ1) is 16.1. The van der Waals surface area contributed by atoms with Crippen LogP contribution in [0.15, 0.2) is 17.2 Å². The SMILES string of the molecule is CCn1cc(S(=O)(=O)NCC(C)SC)cc1C(=O)O. The molecule has 0 spiro atoms. The van der Waals surface area contributed by atoms with Crippen LogP contribution in [0.25, 0.3) is 0 Å². The van der Waals surface area contributed by atoms with E-state index in [1.165, 1.54) is 16.8 Å². The fraction of sp³-hybridized carbons (Fsp3) is 0.545. The van der Waals surface area contributed by atoms with Gasteiger partial charge in [-0.3, -0.25) is 0 Å². The summed E-state index contributed by atoms with van der Waals surface area (Å²) in [5, 5.41) is 9.15. The zero-order valence-electron chi connectivity index (χ0n) is 11.1. The Bertz CT molecular complexity index is 551. The summed E-state index contributed by atoms with van der Waals surface area (Å²) < 4.78 is 27.9. The van der Waals surface area contributed by atoms with E-state index >= 15 is 0 Å². The van der Waals surface area contributed by atoms with Crippen LogP contribution in [0.5, 0.6) is 0 Å². The Labute approximate surface area is 117 Å². The van der Waals surface area contributed by atoms with E-state index in [2.05, 4.69) is 4.72 Å². The van der Waals surface area contributed by atoms with Crippen LogP contribution in [-0.2, 0) is 16.6 Å². The molecule has 1 aromatic rings. The second kappa shape index (κ2) is 6.44. The summed E-state index contributed by atoms with van der Waals surface area (Å²) in [7, 11) is -3.66. The predicted molar refractivity (Wildman–Crippen MR) is 75.2 cm³/mol. The molecule has 19 heavy (non-hydrogen) atoms. The van der Waals surface area contributed by atoms with Crippen LogP contribution in [0, 0.1) is 0 Å². The lowest BCUT2D eigenvalue weighted by Gasteiger charge is -2.09. The monoisotopic (exact) mass is 306 g/mol. The molecule has 0 fully saturated rings. The highest BCUT2D eigenvalue weighted by Gasteiger charge is 2.21. The van der Waals surface area contributed by atoms with Gasteiger partial charge >= 0.3 is 5.97 Å². The van der Waals surface area contributed by atoms with Crippen LogP contribution in [0.2, 0.25) is 0 Å². The van der Waals surface area contributed by atoms with E-state index < -0.39 is 16.0 Å². The van der Waals surface area contributed by atoms with Gasteiger partial charge < -0.3 is 9.67 Å². The molecule has 1 heterocycles. The molecular weight excluding hydrogens is 288 g/mol. The molecule has 0 aliphatic carbocycles. The molecule has 1 rings (SSSR count). The maximum absolute atomic E-state index is 12.0. The second-order valence-corrected chi connectivity index (χ2v) is 7.09. The van der Waals surface area contributed by atoms with Gasteiger partial charge in [0.05, 0.1) is 0 Å². The van der Waals surface area contributed by atoms with Gasteiger partial charge in [-0.1, -0.05) is 6.92 Å². The van der Waals surface area contributed by atoms with Crippen molar-refractivity contribution in [2.75, 3.05) is 12.8 Å². The lowest BCUT2D eigenvalue weighted by Crippen LogP contribution is -2.29. The summed E-state index contributed by atoms with van der Waals surface area (Å²) in [6.07, 6.45) is 3.24. The molecule has 0 aliphatic heterocycles. The maximum atomic E-state index is 12.0. The molecule has 0 amide bonds. The summed E-state index contributed by atoms with van der Waals surface area (Å²) in [5.74, 6) is -1.14. The Morgan fingerprint density at radius 3 is 2.63 bits per heavy atom. The lowest BCUT2D eigenvalue weighted by atomic mass is 10.4. The Hall–Kier alpha value is -0.990. The van der Waals surface area contributed by atoms with Gasteiger partial charge in [0.15, 0.2) is 0 Å². The van der Waals surface area contributed by atoms with E-state index in [9.17, 15) is 13.2 Å². The number of nitrogens with one attached hydrogen (secondary N) is 1. The Morgan fingerprint density at radius 1 is 1.58 bits per heavy atom. The summed E-state index contributed by atoms with van der Waals surface area (Å²) in [6.45, 7) is 4.38. The number of aromatic carboxylic acids is 1. The Kier molecular flexibility index (Phi) is 5.45. The molecule has 0 aliphatic rings. The van der Waals surface area contributed by atoms with Gasteiger partial charge in [-0.15, -0.1) is 0 Å². The molecule has 0 aromatic carbocycles. The van der Waals surface area contributed by atoms with E-state index in [1.54, 1.807) is 18.7 Å². The van der Waals surface area contributed by atoms with Crippen LogP contribution in [0.4, 0.5) is 0 Å². The fourth-order valence-corrected chi connectivity index (χ4v) is 2.99. The number of nitrogens with zero attached hydrogens (tertiary/aromatic N) is 1. The number of aryl methyl sites for hydroxylation is 1. The van der Waals surface area contributed by atoms with Crippen molar-refractivity contribution in [3.05, 3.63) is 18.0 Å². The van der Waals surface area contributed by atoms with Crippen LogP contribution < -0.4 is 4.72 Å². The number of sulfonamides is 1. The maximum Gasteiger partial charge on any atom is 0.352 e. The average Bonchev–Trinajstić information content (AvgIpc) is 2.81. The van der Waals surface area contributed by atoms with Gasteiger partial charge in [-0.05, 0) is 19.2 Å². The Morgan fingerprint density at radius 2 is 2.21 bits per heavy atom. The third-order valence-electron chi connectivity index (χ3n) is 2.70. The van der Waals surface area contributed by atoms with Crippen LogP contribution in [-0.4, -0.2) is 42.1 Å². The minimum absolute atomic E-state index is 0.0138. The molecule has 8 heteroatoms. The molecule has 0 bridgehead atoms. The zero-order valence-corrected chi connectivity index (χ0v) is 12.7. The topological polar surface area (TPSA) is 88.4 Å². The highest BCUT2D eigenvalue weighted by atomic mass is 32.2. The van der Waals surface area contributed by atoms with Crippen molar-refractivity contribution in [1.82, 2.24) is 9.29 Å². The molecule has 1 atom stereocenters. The summed E-state index contributed by atoms with van der Waals surface area (Å²) in [6, 6.07) is 1.18. The second-order valence-electron chi connectivity index (χ2n) is 4.05. The van der Waals surface area contributed by atoms with E-state index in [0.717, 1.165) is 0 Å². The third kappa shape index (κ3) is 3.99. The van der Waals surface area contributed by atoms with Gasteiger partial charge in [-0.25, -0.2) is 17.9 Å². The molecule has 0 saturated heterocycles. The minimum atomic E-state index is -3.66. The van der Waals surface area contributed by atoms with E-state index in [-0.39, 0.29) is 15.8 Å². The molecule has 6 nitrogen and oxygen atoms in total. The van der Waals surface area contributed by atoms with Crippen molar-refractivity contribution in [3.63, 3.8) is 0 Å². The number of hydrogen-bond donors (Lipinski definition) is 2. The molecular formula is C11H18N2O4S2. The number of thioether (sulfide) groups is 1. The molecule has 2 N–H and O–H groups in total. The van der Waals surface area contributed by atoms with Gasteiger partial charge in [0.1, 0.15) is 10.6 Å². The number of carboxylic acids is 1. The number of rotatable bonds is 7. The van der Waals surface area contributed by atoms with E-state index in [1.807, 2.05) is 13.2 Å². The van der Waals surface area contributed by atoms with Gasteiger partial charge in [0.25, 0.3) is 0 Å². The molecule has 0 radical (unpaired) electrons. The summed E-state index contributed by atoms with van der Waals surface area (Å²) in [5.41, 5.74) is -0.0270. The van der Waals surface area contributed by atoms with E-state index in [0.29, 0.717) is 13.1 Å². The minimum Gasteiger partial charge on any atom is -0.477 e. The van der Waals surface area contributed by atoms with Crippen molar-refractivity contribution >= 4 is 27.8 Å². The first-order chi connectivity index (χ1) is 8.81. The number of carboxylic acid groups (broad SMARTS) is 1. The van der Waals surface area contributed by atoms with Crippen molar-refractivity contribution in [1.29, 1.82) is 0 Å². The van der Waals surface area contributed by atoms with Crippen molar-refractivity contribution < 1.29 is 18.3 Å². The Balaban J connectivity index is 2.99. The lowest BCUT2D eigenvalue weighted by molar-refractivity contribution is 0.0685. The predicted octanol–water partition coefficient (Wildman–Crippen LogP) is 1.24. The van der Waals surface area contributed by atoms with Gasteiger partial charge in [0.2, 0.25) is 10.0 Å². The molecule has 0 saturated carbocycles. The molecule has 1 aromatic heterocycles. The van der Waals surface area contributed by atoms with Gasteiger partial charge in [0, 0.05) is 24.5 Å². The molecule has 108 valence electrons.